The van der Waals surface area contributed by atoms with Crippen molar-refractivity contribution in [2.45, 2.75) is 25.7 Å². The number of hydrogen-bond acceptors (Lipinski definition) is 4. The highest BCUT2D eigenvalue weighted by Gasteiger charge is 2.15. The Morgan fingerprint density at radius 2 is 2.24 bits per heavy atom. The largest absolute Gasteiger partial charge is 0.478 e. The predicted molar refractivity (Wildman–Crippen MR) is 66.1 cm³/mol. The first-order chi connectivity index (χ1) is 8.16. The Labute approximate surface area is 100 Å². The summed E-state index contributed by atoms with van der Waals surface area (Å²) in [6, 6.07) is 1.44. The smallest absolute Gasteiger partial charge is 0.337 e. The number of anilines is 2. The van der Waals surface area contributed by atoms with Crippen LogP contribution in [0.1, 0.15) is 36.0 Å². The van der Waals surface area contributed by atoms with Crippen LogP contribution in [0.15, 0.2) is 12.3 Å². The van der Waals surface area contributed by atoms with E-state index in [0.29, 0.717) is 17.4 Å². The predicted octanol–water partition coefficient (Wildman–Crippen LogP) is 1.96. The minimum atomic E-state index is -1.01. The SMILES string of the molecule is Nc1cc(C(=O)O)cnc1NCC1CCCC1. The second-order valence-electron chi connectivity index (χ2n) is 4.50. The molecule has 0 saturated heterocycles. The fourth-order valence-corrected chi connectivity index (χ4v) is 2.20. The number of aromatic nitrogens is 1. The number of hydrogen-bond donors (Lipinski definition) is 3. The number of nitrogen functional groups attached to an aromatic ring is 1. The van der Waals surface area contributed by atoms with Gasteiger partial charge in [-0.3, -0.25) is 0 Å². The first-order valence-electron chi connectivity index (χ1n) is 5.89. The van der Waals surface area contributed by atoms with E-state index in [1.54, 1.807) is 0 Å². The van der Waals surface area contributed by atoms with Gasteiger partial charge in [-0.2, -0.15) is 0 Å². The zero-order chi connectivity index (χ0) is 12.3. The van der Waals surface area contributed by atoms with Crippen LogP contribution in [0.25, 0.3) is 0 Å². The summed E-state index contributed by atoms with van der Waals surface area (Å²) >= 11 is 0. The molecule has 5 nitrogen and oxygen atoms in total. The number of carbonyl (C=O) groups is 1. The van der Waals surface area contributed by atoms with Crippen molar-refractivity contribution < 1.29 is 9.90 Å². The third-order valence-corrected chi connectivity index (χ3v) is 3.20. The average molecular weight is 235 g/mol. The van der Waals surface area contributed by atoms with Gasteiger partial charge in [-0.25, -0.2) is 9.78 Å². The van der Waals surface area contributed by atoms with Crippen LogP contribution in [0.3, 0.4) is 0 Å². The van der Waals surface area contributed by atoms with E-state index in [2.05, 4.69) is 10.3 Å². The van der Waals surface area contributed by atoms with Crippen LogP contribution in [0.5, 0.6) is 0 Å². The molecular formula is C12H17N3O2. The molecule has 92 valence electrons. The zero-order valence-corrected chi connectivity index (χ0v) is 9.65. The molecule has 5 heteroatoms. The molecule has 1 aromatic rings. The lowest BCUT2D eigenvalue weighted by Crippen LogP contribution is -2.13. The highest BCUT2D eigenvalue weighted by molar-refractivity contribution is 5.89. The van der Waals surface area contributed by atoms with Gasteiger partial charge in [0.15, 0.2) is 0 Å². The molecule has 4 N–H and O–H groups in total. The first kappa shape index (κ1) is 11.7. The minimum Gasteiger partial charge on any atom is -0.478 e. The van der Waals surface area contributed by atoms with Crippen molar-refractivity contribution in [1.82, 2.24) is 4.98 Å². The van der Waals surface area contributed by atoms with Crippen LogP contribution in [-0.4, -0.2) is 22.6 Å². The molecule has 1 aliphatic rings. The summed E-state index contributed by atoms with van der Waals surface area (Å²) < 4.78 is 0. The van der Waals surface area contributed by atoms with Gasteiger partial charge in [0.2, 0.25) is 0 Å². The topological polar surface area (TPSA) is 88.2 Å². The molecule has 0 amide bonds. The Balaban J connectivity index is 1.98. The minimum absolute atomic E-state index is 0.119. The van der Waals surface area contributed by atoms with Crippen molar-refractivity contribution in [2.75, 3.05) is 17.6 Å². The summed E-state index contributed by atoms with van der Waals surface area (Å²) in [4.78, 5) is 14.8. The number of aromatic carboxylic acids is 1. The van der Waals surface area contributed by atoms with Crippen molar-refractivity contribution in [1.29, 1.82) is 0 Å². The second kappa shape index (κ2) is 5.03. The van der Waals surface area contributed by atoms with Crippen LogP contribution >= 0.6 is 0 Å². The highest BCUT2D eigenvalue weighted by atomic mass is 16.4. The van der Waals surface area contributed by atoms with Crippen molar-refractivity contribution in [3.05, 3.63) is 17.8 Å². The monoisotopic (exact) mass is 235 g/mol. The summed E-state index contributed by atoms with van der Waals surface area (Å²) in [5.41, 5.74) is 6.27. The molecule has 1 aliphatic carbocycles. The third kappa shape index (κ3) is 2.87. The molecule has 1 saturated carbocycles. The van der Waals surface area contributed by atoms with E-state index in [9.17, 15) is 4.79 Å². The Bertz CT molecular complexity index is 414. The average Bonchev–Trinajstić information content (AvgIpc) is 2.80. The molecule has 0 unspecified atom stereocenters. The van der Waals surface area contributed by atoms with Crippen LogP contribution < -0.4 is 11.1 Å². The summed E-state index contributed by atoms with van der Waals surface area (Å²) in [5, 5.41) is 12.0. The molecule has 0 spiro atoms. The first-order valence-corrected chi connectivity index (χ1v) is 5.89. The summed E-state index contributed by atoms with van der Waals surface area (Å²) in [6.45, 7) is 0.865. The molecular weight excluding hydrogens is 218 g/mol. The molecule has 0 radical (unpaired) electrons. The lowest BCUT2D eigenvalue weighted by molar-refractivity contribution is 0.0696. The van der Waals surface area contributed by atoms with Crippen LogP contribution in [0, 0.1) is 5.92 Å². The lowest BCUT2D eigenvalue weighted by Gasteiger charge is -2.12. The fourth-order valence-electron chi connectivity index (χ4n) is 2.20. The van der Waals surface area contributed by atoms with Gasteiger partial charge in [0.25, 0.3) is 0 Å². The number of carboxylic acid groups (broad SMARTS) is 1. The molecule has 1 heterocycles. The van der Waals surface area contributed by atoms with Crippen molar-refractivity contribution in [2.24, 2.45) is 5.92 Å². The highest BCUT2D eigenvalue weighted by Crippen LogP contribution is 2.25. The van der Waals surface area contributed by atoms with Gasteiger partial charge in [-0.1, -0.05) is 12.8 Å². The van der Waals surface area contributed by atoms with E-state index in [-0.39, 0.29) is 5.56 Å². The summed E-state index contributed by atoms with van der Waals surface area (Å²) in [5.74, 6) is 0.267. The van der Waals surface area contributed by atoms with Crippen molar-refractivity contribution in [3.63, 3.8) is 0 Å². The Morgan fingerprint density at radius 1 is 1.53 bits per heavy atom. The molecule has 2 rings (SSSR count). The van der Waals surface area contributed by atoms with E-state index >= 15 is 0 Å². The maximum atomic E-state index is 10.7. The van der Waals surface area contributed by atoms with Gasteiger partial charge in [0.05, 0.1) is 11.3 Å². The number of carboxylic acids is 1. The summed E-state index contributed by atoms with van der Waals surface area (Å²) in [6.07, 6.45) is 6.43. The Hall–Kier alpha value is -1.78. The maximum Gasteiger partial charge on any atom is 0.337 e. The van der Waals surface area contributed by atoms with E-state index in [1.165, 1.54) is 37.9 Å². The van der Waals surface area contributed by atoms with E-state index in [0.717, 1.165) is 6.54 Å². The van der Waals surface area contributed by atoms with E-state index in [1.807, 2.05) is 0 Å². The van der Waals surface area contributed by atoms with Crippen molar-refractivity contribution >= 4 is 17.5 Å². The number of nitrogens with one attached hydrogen (secondary N) is 1. The lowest BCUT2D eigenvalue weighted by atomic mass is 10.1. The number of pyridine rings is 1. The molecule has 1 fully saturated rings. The zero-order valence-electron chi connectivity index (χ0n) is 9.65. The fraction of sp³-hybridized carbons (Fsp3) is 0.500. The summed E-state index contributed by atoms with van der Waals surface area (Å²) in [7, 11) is 0. The number of nitrogens with zero attached hydrogens (tertiary/aromatic N) is 1. The number of rotatable bonds is 4. The van der Waals surface area contributed by atoms with Gasteiger partial charge in [0, 0.05) is 12.7 Å². The van der Waals surface area contributed by atoms with E-state index in [4.69, 9.17) is 10.8 Å². The van der Waals surface area contributed by atoms with Gasteiger partial charge in [0.1, 0.15) is 5.82 Å². The van der Waals surface area contributed by atoms with Crippen LogP contribution in [-0.2, 0) is 0 Å². The third-order valence-electron chi connectivity index (χ3n) is 3.20. The van der Waals surface area contributed by atoms with Gasteiger partial charge in [-0.15, -0.1) is 0 Å². The van der Waals surface area contributed by atoms with Crippen LogP contribution in [0.4, 0.5) is 11.5 Å². The molecule has 0 aromatic carbocycles. The van der Waals surface area contributed by atoms with E-state index < -0.39 is 5.97 Å². The standard InChI is InChI=1S/C12H17N3O2/c13-10-5-9(12(16)17)7-15-11(10)14-6-8-3-1-2-4-8/h5,7-8H,1-4,6,13H2,(H,14,15)(H,16,17). The molecule has 0 aliphatic heterocycles. The Kier molecular flexibility index (Phi) is 3.46. The molecule has 17 heavy (non-hydrogen) atoms. The normalized spacial score (nSPS) is 16.0. The van der Waals surface area contributed by atoms with Gasteiger partial charge < -0.3 is 16.2 Å². The Morgan fingerprint density at radius 3 is 2.82 bits per heavy atom. The van der Waals surface area contributed by atoms with Gasteiger partial charge in [-0.05, 0) is 24.8 Å². The molecule has 0 bridgehead atoms. The molecule has 0 atom stereocenters. The van der Waals surface area contributed by atoms with Crippen molar-refractivity contribution in [3.8, 4) is 0 Å². The van der Waals surface area contributed by atoms with Gasteiger partial charge >= 0.3 is 5.97 Å². The quantitative estimate of drug-likeness (QED) is 0.742. The second-order valence-corrected chi connectivity index (χ2v) is 4.50. The van der Waals surface area contributed by atoms with Crippen LogP contribution in [0.2, 0.25) is 0 Å². The number of nitrogens with two attached hydrogens (primary N) is 1. The maximum absolute atomic E-state index is 10.7. The molecule has 1 aromatic heterocycles.